The second-order valence-electron chi connectivity index (χ2n) is 13.4. The Balaban J connectivity index is 1.25. The number of carbonyl (C=O) groups excluding carboxylic acids is 2. The Labute approximate surface area is 226 Å². The van der Waals surface area contributed by atoms with Gasteiger partial charge in [0.15, 0.2) is 0 Å². The Morgan fingerprint density at radius 2 is 1.57 bits per heavy atom. The lowest BCUT2D eigenvalue weighted by Gasteiger charge is -2.57. The van der Waals surface area contributed by atoms with Crippen LogP contribution in [0.2, 0.25) is 0 Å². The fourth-order valence-corrected chi connectivity index (χ4v) is 8.91. The second kappa shape index (κ2) is 12.7. The van der Waals surface area contributed by atoms with Crippen molar-refractivity contribution in [3.8, 4) is 0 Å². The Kier molecular flexibility index (Phi) is 9.84. The summed E-state index contributed by atoms with van der Waals surface area (Å²) in [6.45, 7) is 8.71. The summed E-state index contributed by atoms with van der Waals surface area (Å²) in [6, 6.07) is 0. The number of esters is 2. The molecule has 0 bridgehead atoms. The topological polar surface area (TPSA) is 52.6 Å². The predicted molar refractivity (Wildman–Crippen MR) is 149 cm³/mol. The summed E-state index contributed by atoms with van der Waals surface area (Å²) >= 11 is 0. The summed E-state index contributed by atoms with van der Waals surface area (Å²) in [5, 5.41) is 0. The summed E-state index contributed by atoms with van der Waals surface area (Å²) in [6.07, 6.45) is 23.5. The molecule has 0 heterocycles. The van der Waals surface area contributed by atoms with Crippen molar-refractivity contribution < 1.29 is 19.1 Å². The fraction of sp³-hybridized carbons (Fsp3) is 0.879. The van der Waals surface area contributed by atoms with Crippen LogP contribution in [-0.2, 0) is 19.1 Å². The largest absolute Gasteiger partial charge is 0.462 e. The van der Waals surface area contributed by atoms with E-state index in [1.165, 1.54) is 76.7 Å². The Morgan fingerprint density at radius 3 is 2.27 bits per heavy atom. The normalized spacial score (nSPS) is 36.6. The summed E-state index contributed by atoms with van der Waals surface area (Å²) in [4.78, 5) is 24.3. The van der Waals surface area contributed by atoms with Gasteiger partial charge in [-0.15, -0.1) is 0 Å². The molecule has 0 aromatic carbocycles. The Morgan fingerprint density at radius 1 is 0.865 bits per heavy atom. The lowest BCUT2D eigenvalue weighted by atomic mass is 9.48. The molecule has 4 rings (SSSR count). The van der Waals surface area contributed by atoms with Gasteiger partial charge in [0.1, 0.15) is 12.2 Å². The number of carbonyl (C=O) groups is 2. The Hall–Kier alpha value is -1.32. The summed E-state index contributed by atoms with van der Waals surface area (Å²) in [5.74, 6) is 1.94. The molecular weight excluding hydrogens is 460 g/mol. The van der Waals surface area contributed by atoms with Crippen molar-refractivity contribution in [1.82, 2.24) is 0 Å². The molecule has 0 spiro atoms. The third-order valence-electron chi connectivity index (χ3n) is 11.1. The summed E-state index contributed by atoms with van der Waals surface area (Å²) < 4.78 is 11.8. The molecule has 4 nitrogen and oxygen atoms in total. The third kappa shape index (κ3) is 6.47. The first-order valence-electron chi connectivity index (χ1n) is 15.8. The monoisotopic (exact) mass is 514 g/mol. The maximum Gasteiger partial charge on any atom is 0.306 e. The molecule has 210 valence electrons. The number of hydrogen-bond acceptors (Lipinski definition) is 4. The van der Waals surface area contributed by atoms with E-state index in [2.05, 4.69) is 26.8 Å². The van der Waals surface area contributed by atoms with Gasteiger partial charge in [0.25, 0.3) is 0 Å². The first kappa shape index (κ1) is 28.7. The van der Waals surface area contributed by atoms with Crippen molar-refractivity contribution in [3.63, 3.8) is 0 Å². The van der Waals surface area contributed by atoms with E-state index in [-0.39, 0.29) is 35.0 Å². The van der Waals surface area contributed by atoms with Crippen LogP contribution in [-0.4, -0.2) is 24.1 Å². The molecule has 3 saturated carbocycles. The van der Waals surface area contributed by atoms with E-state index in [1.54, 1.807) is 0 Å². The first-order valence-corrected chi connectivity index (χ1v) is 15.8. The van der Waals surface area contributed by atoms with E-state index in [0.29, 0.717) is 24.2 Å². The van der Waals surface area contributed by atoms with Crippen LogP contribution in [0.4, 0.5) is 0 Å². The third-order valence-corrected chi connectivity index (χ3v) is 11.1. The van der Waals surface area contributed by atoms with Gasteiger partial charge in [-0.2, -0.15) is 0 Å². The lowest BCUT2D eigenvalue weighted by Crippen LogP contribution is -2.51. The maximum atomic E-state index is 12.8. The number of unbranched alkanes of at least 4 members (excludes halogenated alkanes) is 8. The molecule has 7 atom stereocenters. The minimum atomic E-state index is -0.152. The molecule has 3 fully saturated rings. The molecule has 0 amide bonds. The van der Waals surface area contributed by atoms with Crippen molar-refractivity contribution in [2.24, 2.45) is 28.6 Å². The van der Waals surface area contributed by atoms with Gasteiger partial charge in [-0.25, -0.2) is 0 Å². The lowest BCUT2D eigenvalue weighted by molar-refractivity contribution is -0.159. The molecule has 0 aromatic heterocycles. The van der Waals surface area contributed by atoms with Crippen LogP contribution in [0.15, 0.2) is 11.6 Å². The molecule has 4 aliphatic carbocycles. The average Bonchev–Trinajstić information content (AvgIpc) is 3.19. The van der Waals surface area contributed by atoms with Crippen LogP contribution in [0.25, 0.3) is 0 Å². The van der Waals surface area contributed by atoms with Crippen LogP contribution in [0.5, 0.6) is 0 Å². The minimum Gasteiger partial charge on any atom is -0.462 e. The van der Waals surface area contributed by atoms with Gasteiger partial charge < -0.3 is 9.47 Å². The first-order chi connectivity index (χ1) is 17.8. The van der Waals surface area contributed by atoms with Gasteiger partial charge >= 0.3 is 11.9 Å². The summed E-state index contributed by atoms with van der Waals surface area (Å²) in [7, 11) is 0. The molecule has 0 N–H and O–H groups in total. The van der Waals surface area contributed by atoms with Crippen LogP contribution in [0.3, 0.4) is 0 Å². The van der Waals surface area contributed by atoms with Gasteiger partial charge in [0.05, 0.1) is 0 Å². The fourth-order valence-electron chi connectivity index (χ4n) is 8.91. The molecular formula is C33H54O4. The molecule has 0 radical (unpaired) electrons. The Bertz CT molecular complexity index is 817. The van der Waals surface area contributed by atoms with Gasteiger partial charge in [0.2, 0.25) is 0 Å². The van der Waals surface area contributed by atoms with Gasteiger partial charge in [-0.3, -0.25) is 9.59 Å². The molecule has 4 aliphatic rings. The standard InChI is InChI=1S/C33H54O4/c1-5-6-7-8-9-10-11-12-13-14-31(35)37-30-18-17-28-27-16-15-25-23-26(36-24(2)34)19-21-32(25,3)29(27)20-22-33(28,30)4/h15,26-30H,5-14,16-23H2,1-4H3/t26?,27-,28-,29-,30?,32-,33-/m0/s1. The van der Waals surface area contributed by atoms with Crippen LogP contribution < -0.4 is 0 Å². The highest BCUT2D eigenvalue weighted by molar-refractivity contribution is 5.69. The van der Waals surface area contributed by atoms with Crippen molar-refractivity contribution in [2.75, 3.05) is 0 Å². The second-order valence-corrected chi connectivity index (χ2v) is 13.4. The number of fused-ring (bicyclic) bond motifs is 5. The number of allylic oxidation sites excluding steroid dienone is 1. The van der Waals surface area contributed by atoms with E-state index in [9.17, 15) is 9.59 Å². The molecule has 2 unspecified atom stereocenters. The zero-order chi connectivity index (χ0) is 26.5. The van der Waals surface area contributed by atoms with Crippen molar-refractivity contribution in [1.29, 1.82) is 0 Å². The highest BCUT2D eigenvalue weighted by atomic mass is 16.5. The maximum absolute atomic E-state index is 12.8. The predicted octanol–water partition coefficient (Wildman–Crippen LogP) is 8.71. The van der Waals surface area contributed by atoms with Crippen molar-refractivity contribution >= 4 is 11.9 Å². The van der Waals surface area contributed by atoms with E-state index in [1.807, 2.05) is 0 Å². The molecule has 0 aliphatic heterocycles. The van der Waals surface area contributed by atoms with Gasteiger partial charge in [-0.1, -0.05) is 83.8 Å². The van der Waals surface area contributed by atoms with E-state index in [0.717, 1.165) is 44.9 Å². The van der Waals surface area contributed by atoms with Crippen LogP contribution >= 0.6 is 0 Å². The van der Waals surface area contributed by atoms with Gasteiger partial charge in [0, 0.05) is 25.2 Å². The highest BCUT2D eigenvalue weighted by Gasteiger charge is 2.59. The highest BCUT2D eigenvalue weighted by Crippen LogP contribution is 2.65. The molecule has 4 heteroatoms. The quantitative estimate of drug-likeness (QED) is 0.148. The van der Waals surface area contributed by atoms with E-state index in [4.69, 9.17) is 9.47 Å². The minimum absolute atomic E-state index is 0.0403. The summed E-state index contributed by atoms with van der Waals surface area (Å²) in [5.41, 5.74) is 1.91. The van der Waals surface area contributed by atoms with Crippen LogP contribution in [0, 0.1) is 28.6 Å². The number of rotatable bonds is 12. The van der Waals surface area contributed by atoms with Crippen molar-refractivity contribution in [2.45, 2.75) is 155 Å². The van der Waals surface area contributed by atoms with Crippen LogP contribution in [0.1, 0.15) is 143 Å². The zero-order valence-electron chi connectivity index (χ0n) is 24.3. The molecule has 0 aromatic rings. The smallest absolute Gasteiger partial charge is 0.306 e. The number of hydrogen-bond donors (Lipinski definition) is 0. The SMILES string of the molecule is CCCCCCCCCCCC(=O)OC1CC[C@H]2[C@@H]3CC=C4CC(OC(C)=O)CC[C@]4(C)[C@H]3CC[C@]12C. The zero-order valence-corrected chi connectivity index (χ0v) is 24.3. The van der Waals surface area contributed by atoms with E-state index >= 15 is 0 Å². The van der Waals surface area contributed by atoms with E-state index < -0.39 is 0 Å². The number of ether oxygens (including phenoxy) is 2. The van der Waals surface area contributed by atoms with Crippen molar-refractivity contribution in [3.05, 3.63) is 11.6 Å². The average molecular weight is 515 g/mol. The molecule has 0 saturated heterocycles. The van der Waals surface area contributed by atoms with Gasteiger partial charge in [-0.05, 0) is 74.5 Å². The molecule has 37 heavy (non-hydrogen) atoms.